The highest BCUT2D eigenvalue weighted by Crippen LogP contribution is 2.12. The van der Waals surface area contributed by atoms with Crippen LogP contribution in [-0.4, -0.2) is 23.9 Å². The molecular formula is C13H18BrNO2. The molecule has 1 rings (SSSR count). The maximum atomic E-state index is 11.3. The van der Waals surface area contributed by atoms with Crippen LogP contribution in [-0.2, 0) is 11.2 Å². The molecule has 17 heavy (non-hydrogen) atoms. The first-order chi connectivity index (χ1) is 8.13. The van der Waals surface area contributed by atoms with Crippen LogP contribution < -0.4 is 10.1 Å². The number of carbonyl (C=O) groups excluding carboxylic acids is 1. The van der Waals surface area contributed by atoms with E-state index in [0.717, 1.165) is 12.2 Å². The van der Waals surface area contributed by atoms with Gasteiger partial charge in [0, 0.05) is 6.54 Å². The van der Waals surface area contributed by atoms with Crippen LogP contribution in [0.15, 0.2) is 24.3 Å². The lowest BCUT2D eigenvalue weighted by atomic mass is 10.1. The summed E-state index contributed by atoms with van der Waals surface area (Å²) in [6.45, 7) is 5.11. The van der Waals surface area contributed by atoms with E-state index >= 15 is 0 Å². The van der Waals surface area contributed by atoms with Gasteiger partial charge in [0.05, 0.1) is 11.4 Å². The van der Waals surface area contributed by atoms with Crippen molar-refractivity contribution in [3.8, 4) is 5.75 Å². The predicted molar refractivity (Wildman–Crippen MR) is 72.7 cm³/mol. The van der Waals surface area contributed by atoms with Crippen molar-refractivity contribution >= 4 is 21.8 Å². The fourth-order valence-corrected chi connectivity index (χ4v) is 1.55. The second-order valence-electron chi connectivity index (χ2n) is 3.73. The van der Waals surface area contributed by atoms with Crippen LogP contribution in [0.2, 0.25) is 0 Å². The van der Waals surface area contributed by atoms with E-state index in [0.29, 0.717) is 13.2 Å². The molecule has 0 bridgehead atoms. The molecule has 1 amide bonds. The van der Waals surface area contributed by atoms with Gasteiger partial charge in [0.2, 0.25) is 5.91 Å². The molecule has 94 valence electrons. The Morgan fingerprint density at radius 3 is 2.59 bits per heavy atom. The zero-order valence-electron chi connectivity index (χ0n) is 10.2. The Hall–Kier alpha value is -1.03. The Morgan fingerprint density at radius 2 is 2.06 bits per heavy atom. The Balaban J connectivity index is 2.34. The molecule has 1 N–H and O–H groups in total. The summed E-state index contributed by atoms with van der Waals surface area (Å²) in [5.74, 6) is 0.908. The smallest absolute Gasteiger partial charge is 0.233 e. The molecule has 1 atom stereocenters. The maximum Gasteiger partial charge on any atom is 0.233 e. The second kappa shape index (κ2) is 7.33. The SMILES string of the molecule is CCOc1ccc(CCNC(=O)C(C)Br)cc1. The molecule has 4 heteroatoms. The van der Waals surface area contributed by atoms with Crippen molar-refractivity contribution < 1.29 is 9.53 Å². The third-order valence-corrected chi connectivity index (χ3v) is 2.72. The summed E-state index contributed by atoms with van der Waals surface area (Å²) in [6.07, 6.45) is 0.831. The van der Waals surface area contributed by atoms with Gasteiger partial charge in [0.1, 0.15) is 5.75 Å². The van der Waals surface area contributed by atoms with Crippen LogP contribution in [0, 0.1) is 0 Å². The predicted octanol–water partition coefficient (Wildman–Crippen LogP) is 2.53. The van der Waals surface area contributed by atoms with Crippen molar-refractivity contribution in [3.05, 3.63) is 29.8 Å². The standard InChI is InChI=1S/C13H18BrNO2/c1-3-17-12-6-4-11(5-7-12)8-9-15-13(16)10(2)14/h4-7,10H,3,8-9H2,1-2H3,(H,15,16). The van der Waals surface area contributed by atoms with Gasteiger partial charge in [-0.3, -0.25) is 4.79 Å². The number of ether oxygens (including phenoxy) is 1. The Morgan fingerprint density at radius 1 is 1.41 bits per heavy atom. The fourth-order valence-electron chi connectivity index (χ4n) is 1.39. The molecule has 3 nitrogen and oxygen atoms in total. The van der Waals surface area contributed by atoms with Crippen LogP contribution in [0.3, 0.4) is 0 Å². The van der Waals surface area contributed by atoms with Gasteiger partial charge >= 0.3 is 0 Å². The largest absolute Gasteiger partial charge is 0.494 e. The van der Waals surface area contributed by atoms with Crippen LogP contribution in [0.4, 0.5) is 0 Å². The highest BCUT2D eigenvalue weighted by molar-refractivity contribution is 9.10. The highest BCUT2D eigenvalue weighted by atomic mass is 79.9. The van der Waals surface area contributed by atoms with Crippen molar-refractivity contribution in [2.75, 3.05) is 13.2 Å². The molecule has 0 aliphatic rings. The second-order valence-corrected chi connectivity index (χ2v) is 5.11. The fraction of sp³-hybridized carbons (Fsp3) is 0.462. The molecule has 0 heterocycles. The lowest BCUT2D eigenvalue weighted by molar-refractivity contribution is -0.120. The summed E-state index contributed by atoms with van der Waals surface area (Å²) in [5, 5.41) is 2.85. The summed E-state index contributed by atoms with van der Waals surface area (Å²) in [7, 11) is 0. The lowest BCUT2D eigenvalue weighted by Gasteiger charge is -2.07. The maximum absolute atomic E-state index is 11.3. The number of nitrogens with one attached hydrogen (secondary N) is 1. The zero-order valence-corrected chi connectivity index (χ0v) is 11.8. The topological polar surface area (TPSA) is 38.3 Å². The number of benzene rings is 1. The van der Waals surface area contributed by atoms with Gasteiger partial charge in [-0.2, -0.15) is 0 Å². The summed E-state index contributed by atoms with van der Waals surface area (Å²) >= 11 is 3.22. The summed E-state index contributed by atoms with van der Waals surface area (Å²) in [4.78, 5) is 11.2. The van der Waals surface area contributed by atoms with E-state index in [9.17, 15) is 4.79 Å². The number of carbonyl (C=O) groups is 1. The Labute approximate surface area is 111 Å². The van der Waals surface area contributed by atoms with Crippen molar-refractivity contribution in [2.24, 2.45) is 0 Å². The van der Waals surface area contributed by atoms with Gasteiger partial charge in [-0.25, -0.2) is 0 Å². The molecule has 1 unspecified atom stereocenters. The van der Waals surface area contributed by atoms with E-state index in [1.54, 1.807) is 0 Å². The van der Waals surface area contributed by atoms with Gasteiger partial charge in [0.15, 0.2) is 0 Å². The first kappa shape index (κ1) is 14.0. The zero-order chi connectivity index (χ0) is 12.7. The molecule has 1 aromatic rings. The molecule has 0 aliphatic carbocycles. The Bertz CT molecular complexity index is 349. The molecule has 0 saturated carbocycles. The number of halogens is 1. The van der Waals surface area contributed by atoms with Gasteiger partial charge in [-0.1, -0.05) is 28.1 Å². The molecule has 0 spiro atoms. The monoisotopic (exact) mass is 299 g/mol. The van der Waals surface area contributed by atoms with Crippen LogP contribution >= 0.6 is 15.9 Å². The number of hydrogen-bond donors (Lipinski definition) is 1. The minimum absolute atomic E-state index is 0.0240. The summed E-state index contributed by atoms with van der Waals surface area (Å²) in [6, 6.07) is 7.95. The minimum Gasteiger partial charge on any atom is -0.494 e. The van der Waals surface area contributed by atoms with Crippen molar-refractivity contribution in [1.29, 1.82) is 0 Å². The summed E-state index contributed by atoms with van der Waals surface area (Å²) in [5.41, 5.74) is 1.19. The highest BCUT2D eigenvalue weighted by Gasteiger charge is 2.06. The molecular weight excluding hydrogens is 282 g/mol. The first-order valence-corrected chi connectivity index (χ1v) is 6.68. The molecule has 1 aromatic carbocycles. The van der Waals surface area contributed by atoms with Gasteiger partial charge in [-0.15, -0.1) is 0 Å². The lowest BCUT2D eigenvalue weighted by Crippen LogP contribution is -2.30. The van der Waals surface area contributed by atoms with E-state index < -0.39 is 0 Å². The average Bonchev–Trinajstić information content (AvgIpc) is 2.31. The van der Waals surface area contributed by atoms with E-state index in [1.165, 1.54) is 5.56 Å². The minimum atomic E-state index is -0.136. The molecule has 0 aromatic heterocycles. The molecule has 0 saturated heterocycles. The van der Waals surface area contributed by atoms with E-state index in [2.05, 4.69) is 21.2 Å². The average molecular weight is 300 g/mol. The van der Waals surface area contributed by atoms with Crippen LogP contribution in [0.5, 0.6) is 5.75 Å². The first-order valence-electron chi connectivity index (χ1n) is 5.77. The normalized spacial score (nSPS) is 11.9. The number of alkyl halides is 1. The molecule has 0 fully saturated rings. The number of hydrogen-bond acceptors (Lipinski definition) is 2. The van der Waals surface area contributed by atoms with Crippen molar-refractivity contribution in [2.45, 2.75) is 25.1 Å². The molecule has 0 aliphatic heterocycles. The van der Waals surface area contributed by atoms with Gasteiger partial charge < -0.3 is 10.1 Å². The number of rotatable bonds is 6. The van der Waals surface area contributed by atoms with Crippen molar-refractivity contribution in [1.82, 2.24) is 5.32 Å². The van der Waals surface area contributed by atoms with Gasteiger partial charge in [0.25, 0.3) is 0 Å². The Kier molecular flexibility index (Phi) is 6.05. The van der Waals surface area contributed by atoms with Crippen molar-refractivity contribution in [3.63, 3.8) is 0 Å². The number of amides is 1. The van der Waals surface area contributed by atoms with Crippen LogP contribution in [0.1, 0.15) is 19.4 Å². The van der Waals surface area contributed by atoms with Gasteiger partial charge in [-0.05, 0) is 38.0 Å². The summed E-state index contributed by atoms with van der Waals surface area (Å²) < 4.78 is 5.36. The quantitative estimate of drug-likeness (QED) is 0.820. The third-order valence-electron chi connectivity index (χ3n) is 2.31. The molecule has 0 radical (unpaired) electrons. The van der Waals surface area contributed by atoms with E-state index in [-0.39, 0.29) is 10.7 Å². The van der Waals surface area contributed by atoms with E-state index in [4.69, 9.17) is 4.74 Å². The van der Waals surface area contributed by atoms with Crippen LogP contribution in [0.25, 0.3) is 0 Å². The van der Waals surface area contributed by atoms with E-state index in [1.807, 2.05) is 38.1 Å². The third kappa shape index (κ3) is 5.22.